The summed E-state index contributed by atoms with van der Waals surface area (Å²) in [5.41, 5.74) is 2.96. The van der Waals surface area contributed by atoms with Gasteiger partial charge >= 0.3 is 5.97 Å². The summed E-state index contributed by atoms with van der Waals surface area (Å²) in [6, 6.07) is 8.06. The lowest BCUT2D eigenvalue weighted by Gasteiger charge is -2.16. The van der Waals surface area contributed by atoms with Gasteiger partial charge in [0.05, 0.1) is 16.4 Å². The summed E-state index contributed by atoms with van der Waals surface area (Å²) in [7, 11) is 0. The molecule has 0 saturated heterocycles. The molecule has 29 heavy (non-hydrogen) atoms. The van der Waals surface area contributed by atoms with Crippen molar-refractivity contribution >= 4 is 23.5 Å². The maximum atomic E-state index is 13.4. The second-order valence-corrected chi connectivity index (χ2v) is 7.11. The largest absolute Gasteiger partial charge is 0.479 e. The van der Waals surface area contributed by atoms with Crippen molar-refractivity contribution in [1.82, 2.24) is 20.3 Å². The average Bonchev–Trinajstić information content (AvgIpc) is 3.02. The lowest BCUT2D eigenvalue weighted by molar-refractivity contribution is -0.139. The Bertz CT molecular complexity index is 1090. The molecule has 0 aliphatic heterocycles. The van der Waals surface area contributed by atoms with Crippen molar-refractivity contribution in [3.63, 3.8) is 0 Å². The summed E-state index contributed by atoms with van der Waals surface area (Å²) >= 11 is 5.80. The lowest BCUT2D eigenvalue weighted by atomic mass is 10.0. The molecule has 0 radical (unpaired) electrons. The lowest BCUT2D eigenvalue weighted by Crippen LogP contribution is -2.34. The molecule has 0 aliphatic carbocycles. The number of rotatable bonds is 5. The fourth-order valence-corrected chi connectivity index (χ4v) is 3.24. The third-order valence-corrected chi connectivity index (χ3v) is 4.65. The summed E-state index contributed by atoms with van der Waals surface area (Å²) in [4.78, 5) is 24.5. The van der Waals surface area contributed by atoms with Gasteiger partial charge in [-0.25, -0.2) is 13.9 Å². The van der Waals surface area contributed by atoms with E-state index < -0.39 is 23.7 Å². The molecule has 0 spiro atoms. The maximum Gasteiger partial charge on any atom is 0.330 e. The highest BCUT2D eigenvalue weighted by molar-refractivity contribution is 6.30. The second-order valence-electron chi connectivity index (χ2n) is 6.70. The van der Waals surface area contributed by atoms with Gasteiger partial charge in [0, 0.05) is 0 Å². The van der Waals surface area contributed by atoms with Crippen molar-refractivity contribution in [3.05, 3.63) is 75.3 Å². The number of benzene rings is 2. The van der Waals surface area contributed by atoms with E-state index in [0.717, 1.165) is 11.1 Å². The van der Waals surface area contributed by atoms with Gasteiger partial charge in [-0.05, 0) is 44.5 Å². The van der Waals surface area contributed by atoms with Crippen LogP contribution >= 0.6 is 11.6 Å². The van der Waals surface area contributed by atoms with Gasteiger partial charge in [0.15, 0.2) is 11.7 Å². The van der Waals surface area contributed by atoms with Crippen molar-refractivity contribution in [2.75, 3.05) is 0 Å². The van der Waals surface area contributed by atoms with Crippen molar-refractivity contribution in [1.29, 1.82) is 0 Å². The highest BCUT2D eigenvalue weighted by Crippen LogP contribution is 2.21. The molecule has 0 bridgehead atoms. The predicted molar refractivity (Wildman–Crippen MR) is 105 cm³/mol. The van der Waals surface area contributed by atoms with Crippen LogP contribution in [0.5, 0.6) is 0 Å². The van der Waals surface area contributed by atoms with Crippen molar-refractivity contribution < 1.29 is 19.1 Å². The minimum atomic E-state index is -1.24. The number of carboxylic acid groups (broad SMARTS) is 1. The summed E-state index contributed by atoms with van der Waals surface area (Å²) < 4.78 is 14.7. The van der Waals surface area contributed by atoms with E-state index in [0.29, 0.717) is 16.9 Å². The van der Waals surface area contributed by atoms with E-state index >= 15 is 0 Å². The Morgan fingerprint density at radius 2 is 1.79 bits per heavy atom. The monoisotopic (exact) mass is 416 g/mol. The number of aliphatic carboxylic acids is 1. The number of halogens is 2. The van der Waals surface area contributed by atoms with Crippen molar-refractivity contribution in [2.24, 2.45) is 0 Å². The molecule has 0 saturated carbocycles. The molecule has 1 amide bonds. The number of aryl methyl sites for hydroxylation is 2. The predicted octanol–water partition coefficient (Wildman–Crippen LogP) is 3.54. The third-order valence-electron chi connectivity index (χ3n) is 4.36. The van der Waals surface area contributed by atoms with Gasteiger partial charge < -0.3 is 10.4 Å². The number of carboxylic acids is 1. The number of nitrogens with zero attached hydrogens (tertiary/aromatic N) is 3. The minimum absolute atomic E-state index is 0.0407. The smallest absolute Gasteiger partial charge is 0.330 e. The number of hydrogen-bond donors (Lipinski definition) is 2. The molecule has 2 aromatic carbocycles. The van der Waals surface area contributed by atoms with Crippen LogP contribution in [0.15, 0.2) is 36.4 Å². The summed E-state index contributed by atoms with van der Waals surface area (Å²) in [6.07, 6.45) is 0. The highest BCUT2D eigenvalue weighted by atomic mass is 35.5. The zero-order valence-corrected chi connectivity index (χ0v) is 16.7. The number of carbonyl (C=O) groups is 2. The summed E-state index contributed by atoms with van der Waals surface area (Å²) in [5.74, 6) is -2.46. The molecule has 150 valence electrons. The number of nitrogens with one attached hydrogen (secondary N) is 1. The van der Waals surface area contributed by atoms with Crippen LogP contribution in [0.2, 0.25) is 5.02 Å². The Kier molecular flexibility index (Phi) is 5.65. The van der Waals surface area contributed by atoms with E-state index in [-0.39, 0.29) is 10.7 Å². The van der Waals surface area contributed by atoms with E-state index in [1.807, 2.05) is 19.9 Å². The number of hydrogen-bond acceptors (Lipinski definition) is 4. The molecule has 2 N–H and O–H groups in total. The number of carbonyl (C=O) groups excluding carboxylic acids is 1. The molecule has 1 unspecified atom stereocenters. The first-order valence-electron chi connectivity index (χ1n) is 8.67. The van der Waals surface area contributed by atoms with E-state index in [1.54, 1.807) is 19.1 Å². The summed E-state index contributed by atoms with van der Waals surface area (Å²) in [6.45, 7) is 5.29. The zero-order valence-electron chi connectivity index (χ0n) is 15.9. The van der Waals surface area contributed by atoms with Crippen molar-refractivity contribution in [3.8, 4) is 5.69 Å². The quantitative estimate of drug-likeness (QED) is 0.663. The van der Waals surface area contributed by atoms with Gasteiger partial charge in [-0.3, -0.25) is 4.79 Å². The fourth-order valence-electron chi connectivity index (χ4n) is 3.06. The molecule has 0 fully saturated rings. The first kappa shape index (κ1) is 20.5. The Balaban J connectivity index is 1.90. The second kappa shape index (κ2) is 8.00. The Morgan fingerprint density at radius 1 is 1.14 bits per heavy atom. The van der Waals surface area contributed by atoms with Crippen LogP contribution < -0.4 is 5.32 Å². The third kappa shape index (κ3) is 4.27. The van der Waals surface area contributed by atoms with Crippen LogP contribution in [0, 0.1) is 26.6 Å². The van der Waals surface area contributed by atoms with E-state index in [1.165, 1.54) is 22.9 Å². The number of aromatic nitrogens is 3. The van der Waals surface area contributed by atoms with Gasteiger partial charge in [0.1, 0.15) is 5.82 Å². The Hall–Kier alpha value is -3.26. The van der Waals surface area contributed by atoms with E-state index in [2.05, 4.69) is 15.6 Å². The minimum Gasteiger partial charge on any atom is -0.479 e. The SMILES string of the molecule is Cc1cc(C)cc(C(NC(=O)c2nnn(-c3ccc(F)c(Cl)c3)c2C)C(=O)O)c1. The van der Waals surface area contributed by atoms with Gasteiger partial charge in [0.2, 0.25) is 0 Å². The fraction of sp³-hybridized carbons (Fsp3) is 0.200. The highest BCUT2D eigenvalue weighted by Gasteiger charge is 2.26. The Labute approximate surface area is 171 Å². The van der Waals surface area contributed by atoms with Gasteiger partial charge in [0.25, 0.3) is 5.91 Å². The molecule has 7 nitrogen and oxygen atoms in total. The number of amides is 1. The van der Waals surface area contributed by atoms with Crippen LogP contribution in [-0.2, 0) is 4.79 Å². The maximum absolute atomic E-state index is 13.4. The molecular weight excluding hydrogens is 399 g/mol. The first-order valence-corrected chi connectivity index (χ1v) is 9.04. The normalized spacial score (nSPS) is 11.9. The van der Waals surface area contributed by atoms with Gasteiger partial charge in [-0.1, -0.05) is 46.1 Å². The van der Waals surface area contributed by atoms with E-state index in [4.69, 9.17) is 11.6 Å². The first-order chi connectivity index (χ1) is 13.7. The molecular formula is C20H18ClFN4O3. The van der Waals surface area contributed by atoms with Gasteiger partial charge in [-0.2, -0.15) is 0 Å². The van der Waals surface area contributed by atoms with Crippen LogP contribution in [0.1, 0.15) is 38.9 Å². The zero-order chi connectivity index (χ0) is 21.3. The van der Waals surface area contributed by atoms with Crippen LogP contribution in [-0.4, -0.2) is 32.0 Å². The molecule has 3 aromatic rings. The van der Waals surface area contributed by atoms with Crippen LogP contribution in [0.3, 0.4) is 0 Å². The molecule has 1 heterocycles. The topological polar surface area (TPSA) is 97.1 Å². The Morgan fingerprint density at radius 3 is 2.38 bits per heavy atom. The standard InChI is InChI=1S/C20H18ClFN4O3/c1-10-6-11(2)8-13(7-10)18(20(28)29)23-19(27)17-12(3)26(25-24-17)14-4-5-16(22)15(21)9-14/h4-9,18H,1-3H3,(H,23,27)(H,28,29). The molecule has 3 rings (SSSR count). The van der Waals surface area contributed by atoms with Crippen LogP contribution in [0.25, 0.3) is 5.69 Å². The molecule has 1 aromatic heterocycles. The van der Waals surface area contributed by atoms with Crippen molar-refractivity contribution in [2.45, 2.75) is 26.8 Å². The van der Waals surface area contributed by atoms with Gasteiger partial charge in [-0.15, -0.1) is 5.10 Å². The van der Waals surface area contributed by atoms with E-state index in [9.17, 15) is 19.1 Å². The van der Waals surface area contributed by atoms with Crippen LogP contribution in [0.4, 0.5) is 4.39 Å². The molecule has 1 atom stereocenters. The average molecular weight is 417 g/mol. The summed E-state index contributed by atoms with van der Waals surface area (Å²) in [5, 5.41) is 19.8. The molecule has 9 heteroatoms. The molecule has 0 aliphatic rings.